The summed E-state index contributed by atoms with van der Waals surface area (Å²) in [7, 11) is -3.19. The fourth-order valence-corrected chi connectivity index (χ4v) is 3.78. The smallest absolute Gasteiger partial charge is 0.179 e. The Labute approximate surface area is 108 Å². The van der Waals surface area contributed by atoms with Crippen LogP contribution >= 0.6 is 0 Å². The maximum Gasteiger partial charge on any atom is 0.179 e. The first-order valence-electron chi connectivity index (χ1n) is 6.19. The molecular formula is C13H19NO3S. The number of benzene rings is 1. The van der Waals surface area contributed by atoms with Crippen LogP contribution in [0.15, 0.2) is 35.2 Å². The summed E-state index contributed by atoms with van der Waals surface area (Å²) in [5, 5.41) is 0. The highest BCUT2D eigenvalue weighted by Crippen LogP contribution is 2.14. The zero-order valence-corrected chi connectivity index (χ0v) is 11.4. The summed E-state index contributed by atoms with van der Waals surface area (Å²) in [4.78, 5) is 2.58. The van der Waals surface area contributed by atoms with E-state index >= 15 is 0 Å². The maximum atomic E-state index is 12.2. The van der Waals surface area contributed by atoms with Crippen molar-refractivity contribution in [3.63, 3.8) is 0 Å². The molecule has 18 heavy (non-hydrogen) atoms. The van der Waals surface area contributed by atoms with Crippen LogP contribution in [-0.2, 0) is 14.6 Å². The number of nitrogens with zero attached hydrogens (tertiary/aromatic N) is 1. The van der Waals surface area contributed by atoms with Crippen LogP contribution in [0.3, 0.4) is 0 Å². The van der Waals surface area contributed by atoms with E-state index in [0.717, 1.165) is 13.1 Å². The molecule has 0 bridgehead atoms. The molecule has 1 saturated heterocycles. The third-order valence-corrected chi connectivity index (χ3v) is 5.14. The Morgan fingerprint density at radius 2 is 1.83 bits per heavy atom. The van der Waals surface area contributed by atoms with Gasteiger partial charge in [-0.05, 0) is 19.1 Å². The number of sulfone groups is 1. The molecule has 0 saturated carbocycles. The standard InChI is InChI=1S/C13H19NO3S/c1-12(14-7-9-17-10-8-14)11-18(15,16)13-5-3-2-4-6-13/h2-6,12H,7-11H2,1H3/t12-/m1/s1. The Kier molecular flexibility index (Phi) is 4.37. The van der Waals surface area contributed by atoms with Crippen molar-refractivity contribution in [1.29, 1.82) is 0 Å². The van der Waals surface area contributed by atoms with Crippen molar-refractivity contribution in [2.24, 2.45) is 0 Å². The zero-order valence-electron chi connectivity index (χ0n) is 10.6. The average Bonchev–Trinajstić information content (AvgIpc) is 2.40. The monoisotopic (exact) mass is 269 g/mol. The lowest BCUT2D eigenvalue weighted by atomic mass is 10.3. The summed E-state index contributed by atoms with van der Waals surface area (Å²) in [5.41, 5.74) is 0. The van der Waals surface area contributed by atoms with E-state index in [4.69, 9.17) is 4.74 Å². The van der Waals surface area contributed by atoms with E-state index in [9.17, 15) is 8.42 Å². The van der Waals surface area contributed by atoms with Gasteiger partial charge in [-0.1, -0.05) is 18.2 Å². The molecule has 0 aliphatic carbocycles. The molecule has 2 rings (SSSR count). The maximum absolute atomic E-state index is 12.2. The highest BCUT2D eigenvalue weighted by atomic mass is 32.2. The molecule has 1 aromatic rings. The van der Waals surface area contributed by atoms with Gasteiger partial charge in [0, 0.05) is 19.1 Å². The second-order valence-electron chi connectivity index (χ2n) is 4.59. The molecular weight excluding hydrogens is 250 g/mol. The first kappa shape index (κ1) is 13.5. The molecule has 1 aliphatic rings. The lowest BCUT2D eigenvalue weighted by Crippen LogP contribution is -2.45. The molecule has 0 spiro atoms. The van der Waals surface area contributed by atoms with Gasteiger partial charge >= 0.3 is 0 Å². The number of ether oxygens (including phenoxy) is 1. The second kappa shape index (κ2) is 5.82. The third kappa shape index (κ3) is 3.31. The second-order valence-corrected chi connectivity index (χ2v) is 6.63. The highest BCUT2D eigenvalue weighted by molar-refractivity contribution is 7.91. The summed E-state index contributed by atoms with van der Waals surface area (Å²) in [6.07, 6.45) is 0. The molecule has 0 radical (unpaired) electrons. The van der Waals surface area contributed by atoms with Crippen molar-refractivity contribution in [3.05, 3.63) is 30.3 Å². The fourth-order valence-electron chi connectivity index (χ4n) is 2.17. The van der Waals surface area contributed by atoms with Crippen LogP contribution in [-0.4, -0.2) is 51.4 Å². The Bertz CT molecular complexity index is 466. The zero-order chi connectivity index (χ0) is 13.0. The molecule has 1 aromatic carbocycles. The molecule has 0 aromatic heterocycles. The number of hydrogen-bond donors (Lipinski definition) is 0. The van der Waals surface area contributed by atoms with Crippen molar-refractivity contribution in [2.45, 2.75) is 17.9 Å². The minimum atomic E-state index is -3.19. The van der Waals surface area contributed by atoms with Crippen LogP contribution in [0, 0.1) is 0 Å². The molecule has 0 unspecified atom stereocenters. The average molecular weight is 269 g/mol. The van der Waals surface area contributed by atoms with Crippen molar-refractivity contribution in [1.82, 2.24) is 4.90 Å². The van der Waals surface area contributed by atoms with E-state index in [2.05, 4.69) is 4.90 Å². The third-order valence-electron chi connectivity index (χ3n) is 3.23. The predicted molar refractivity (Wildman–Crippen MR) is 70.3 cm³/mol. The predicted octanol–water partition coefficient (Wildman–Crippen LogP) is 1.18. The van der Waals surface area contributed by atoms with Crippen LogP contribution in [0.2, 0.25) is 0 Å². The van der Waals surface area contributed by atoms with Gasteiger partial charge in [-0.2, -0.15) is 0 Å². The molecule has 5 heteroatoms. The van der Waals surface area contributed by atoms with E-state index in [0.29, 0.717) is 18.1 Å². The minimum Gasteiger partial charge on any atom is -0.379 e. The first-order valence-corrected chi connectivity index (χ1v) is 7.84. The SMILES string of the molecule is C[C@H](CS(=O)(=O)c1ccccc1)N1CCOCC1. The lowest BCUT2D eigenvalue weighted by Gasteiger charge is -2.32. The number of morpholine rings is 1. The van der Waals surface area contributed by atoms with Crippen molar-refractivity contribution in [2.75, 3.05) is 32.1 Å². The molecule has 1 aliphatic heterocycles. The van der Waals surface area contributed by atoms with E-state index in [1.807, 2.05) is 13.0 Å². The Hall–Kier alpha value is -0.910. The number of rotatable bonds is 4. The Balaban J connectivity index is 2.04. The molecule has 1 fully saturated rings. The summed E-state index contributed by atoms with van der Waals surface area (Å²) < 4.78 is 29.7. The molecule has 0 N–H and O–H groups in total. The largest absolute Gasteiger partial charge is 0.379 e. The van der Waals surface area contributed by atoms with Gasteiger partial charge < -0.3 is 4.74 Å². The quantitative estimate of drug-likeness (QED) is 0.823. The molecule has 1 atom stereocenters. The highest BCUT2D eigenvalue weighted by Gasteiger charge is 2.23. The van der Waals surface area contributed by atoms with Gasteiger partial charge in [0.2, 0.25) is 0 Å². The van der Waals surface area contributed by atoms with Gasteiger partial charge in [0.05, 0.1) is 23.9 Å². The Morgan fingerprint density at radius 1 is 1.22 bits per heavy atom. The van der Waals surface area contributed by atoms with Gasteiger partial charge in [0.15, 0.2) is 9.84 Å². The van der Waals surface area contributed by atoms with E-state index in [-0.39, 0.29) is 11.8 Å². The van der Waals surface area contributed by atoms with E-state index in [1.54, 1.807) is 24.3 Å². The van der Waals surface area contributed by atoms with Crippen LogP contribution < -0.4 is 0 Å². The van der Waals surface area contributed by atoms with Gasteiger partial charge in [-0.3, -0.25) is 4.90 Å². The van der Waals surface area contributed by atoms with Gasteiger partial charge in [0.25, 0.3) is 0 Å². The summed E-state index contributed by atoms with van der Waals surface area (Å²) in [6.45, 7) is 4.97. The van der Waals surface area contributed by atoms with Gasteiger partial charge in [-0.25, -0.2) is 8.42 Å². The van der Waals surface area contributed by atoms with E-state index < -0.39 is 9.84 Å². The summed E-state index contributed by atoms with van der Waals surface area (Å²) in [6, 6.07) is 8.67. The summed E-state index contributed by atoms with van der Waals surface area (Å²) in [5.74, 6) is 0.164. The van der Waals surface area contributed by atoms with Gasteiger partial charge in [0.1, 0.15) is 0 Å². The van der Waals surface area contributed by atoms with Gasteiger partial charge in [-0.15, -0.1) is 0 Å². The lowest BCUT2D eigenvalue weighted by molar-refractivity contribution is 0.0243. The Morgan fingerprint density at radius 3 is 2.44 bits per heavy atom. The first-order chi connectivity index (χ1) is 8.59. The summed E-state index contributed by atoms with van der Waals surface area (Å²) >= 11 is 0. The normalized spacial score (nSPS) is 19.6. The molecule has 0 amide bonds. The van der Waals surface area contributed by atoms with Crippen LogP contribution in [0.1, 0.15) is 6.92 Å². The molecule has 1 heterocycles. The van der Waals surface area contributed by atoms with Crippen molar-refractivity contribution >= 4 is 9.84 Å². The molecule has 4 nitrogen and oxygen atoms in total. The fraction of sp³-hybridized carbons (Fsp3) is 0.538. The molecule has 100 valence electrons. The van der Waals surface area contributed by atoms with Crippen LogP contribution in [0.25, 0.3) is 0 Å². The van der Waals surface area contributed by atoms with Crippen LogP contribution in [0.4, 0.5) is 0 Å². The number of hydrogen-bond acceptors (Lipinski definition) is 4. The van der Waals surface area contributed by atoms with E-state index in [1.165, 1.54) is 0 Å². The van der Waals surface area contributed by atoms with Crippen molar-refractivity contribution in [3.8, 4) is 0 Å². The van der Waals surface area contributed by atoms with Crippen molar-refractivity contribution < 1.29 is 13.2 Å². The topological polar surface area (TPSA) is 46.6 Å². The minimum absolute atomic E-state index is 0.0270. The van der Waals surface area contributed by atoms with Crippen LogP contribution in [0.5, 0.6) is 0 Å².